The van der Waals surface area contributed by atoms with Crippen molar-refractivity contribution in [2.24, 2.45) is 0 Å². The Kier molecular flexibility index (Phi) is 8.23. The number of ether oxygens (including phenoxy) is 2. The summed E-state index contributed by atoms with van der Waals surface area (Å²) in [7, 11) is 1.64. The second kappa shape index (κ2) is 11.4. The molecule has 2 saturated heterocycles. The van der Waals surface area contributed by atoms with Gasteiger partial charge in [0.2, 0.25) is 0 Å². The van der Waals surface area contributed by atoms with E-state index in [0.717, 1.165) is 30.2 Å². The lowest BCUT2D eigenvalue weighted by Gasteiger charge is -2.37. The maximum Gasteiger partial charge on any atom is 0.410 e. The molecule has 206 valence electrons. The van der Waals surface area contributed by atoms with Crippen molar-refractivity contribution in [3.05, 3.63) is 47.5 Å². The number of carbonyl (C=O) groups is 2. The van der Waals surface area contributed by atoms with Crippen molar-refractivity contribution in [1.82, 2.24) is 9.80 Å². The maximum absolute atomic E-state index is 13.1. The van der Waals surface area contributed by atoms with Crippen LogP contribution in [0.1, 0.15) is 31.9 Å². The number of methoxy groups -OCH3 is 1. The van der Waals surface area contributed by atoms with Crippen LogP contribution in [-0.4, -0.2) is 87.0 Å². The first kappa shape index (κ1) is 27.4. The van der Waals surface area contributed by atoms with Gasteiger partial charge in [0.1, 0.15) is 11.4 Å². The Morgan fingerprint density at radius 1 is 0.816 bits per heavy atom. The topological polar surface area (TPSA) is 77.6 Å². The third-order valence-corrected chi connectivity index (χ3v) is 7.19. The molecule has 2 fully saturated rings. The molecule has 2 aromatic carbocycles. The average molecular weight is 524 g/mol. The van der Waals surface area contributed by atoms with E-state index in [1.165, 1.54) is 16.8 Å². The maximum atomic E-state index is 13.1. The molecule has 9 nitrogen and oxygen atoms in total. The number of rotatable bonds is 4. The SMILES string of the molecule is COc1ccc(NC(=O)N2CCN(c3cccc(C)c3C)CC2)cc1N1CCN(C(=O)OC(C)(C)C)CC1. The van der Waals surface area contributed by atoms with Crippen molar-refractivity contribution >= 4 is 29.2 Å². The highest BCUT2D eigenvalue weighted by molar-refractivity contribution is 5.90. The summed E-state index contributed by atoms with van der Waals surface area (Å²) in [5, 5.41) is 3.07. The first-order valence-corrected chi connectivity index (χ1v) is 13.3. The second-order valence-corrected chi connectivity index (χ2v) is 11.0. The van der Waals surface area contributed by atoms with E-state index in [4.69, 9.17) is 9.47 Å². The Labute approximate surface area is 226 Å². The quantitative estimate of drug-likeness (QED) is 0.625. The summed E-state index contributed by atoms with van der Waals surface area (Å²) < 4.78 is 11.1. The molecule has 0 bridgehead atoms. The molecule has 0 saturated carbocycles. The van der Waals surface area contributed by atoms with Crippen LogP contribution in [-0.2, 0) is 4.74 Å². The summed E-state index contributed by atoms with van der Waals surface area (Å²) >= 11 is 0. The average Bonchev–Trinajstić information content (AvgIpc) is 2.89. The van der Waals surface area contributed by atoms with E-state index >= 15 is 0 Å². The van der Waals surface area contributed by atoms with Gasteiger partial charge in [-0.15, -0.1) is 0 Å². The first-order valence-electron chi connectivity index (χ1n) is 13.3. The van der Waals surface area contributed by atoms with Crippen LogP contribution in [0.4, 0.5) is 26.7 Å². The van der Waals surface area contributed by atoms with Crippen molar-refractivity contribution in [2.45, 2.75) is 40.2 Å². The van der Waals surface area contributed by atoms with Gasteiger partial charge in [-0.2, -0.15) is 0 Å². The van der Waals surface area contributed by atoms with Crippen molar-refractivity contribution in [3.63, 3.8) is 0 Å². The normalized spacial score (nSPS) is 16.4. The molecule has 0 unspecified atom stereocenters. The Bertz CT molecular complexity index is 1150. The number of hydrogen-bond acceptors (Lipinski definition) is 6. The van der Waals surface area contributed by atoms with Gasteiger partial charge < -0.3 is 34.4 Å². The number of piperazine rings is 2. The van der Waals surface area contributed by atoms with Gasteiger partial charge in [-0.25, -0.2) is 9.59 Å². The molecule has 3 amide bonds. The molecule has 0 aliphatic carbocycles. The second-order valence-electron chi connectivity index (χ2n) is 11.0. The standard InChI is InChI=1S/C29H41N5O4/c1-21-8-7-9-24(22(21)2)31-12-16-33(17-13-31)27(35)30-23-10-11-26(37-6)25(20-23)32-14-18-34(19-15-32)28(36)38-29(3,4)5/h7-11,20H,12-19H2,1-6H3,(H,30,35). The van der Waals surface area contributed by atoms with Crippen molar-refractivity contribution in [1.29, 1.82) is 0 Å². The molecule has 0 aromatic heterocycles. The van der Waals surface area contributed by atoms with E-state index in [9.17, 15) is 9.59 Å². The van der Waals surface area contributed by atoms with Gasteiger partial charge in [0.15, 0.2) is 0 Å². The molecule has 2 aromatic rings. The molecule has 2 heterocycles. The number of anilines is 3. The minimum Gasteiger partial charge on any atom is -0.495 e. The predicted molar refractivity (Wildman–Crippen MR) is 152 cm³/mol. The molecule has 0 spiro atoms. The monoisotopic (exact) mass is 523 g/mol. The molecule has 9 heteroatoms. The molecule has 0 atom stereocenters. The lowest BCUT2D eigenvalue weighted by atomic mass is 10.1. The third-order valence-electron chi connectivity index (χ3n) is 7.19. The lowest BCUT2D eigenvalue weighted by Crippen LogP contribution is -2.50. The molecule has 38 heavy (non-hydrogen) atoms. The van der Waals surface area contributed by atoms with Gasteiger partial charge in [0, 0.05) is 63.7 Å². The van der Waals surface area contributed by atoms with Crippen LogP contribution >= 0.6 is 0 Å². The first-order chi connectivity index (χ1) is 18.1. The summed E-state index contributed by atoms with van der Waals surface area (Å²) in [6.45, 7) is 15.2. The molecule has 0 radical (unpaired) electrons. The van der Waals surface area contributed by atoms with Crippen molar-refractivity contribution < 1.29 is 19.1 Å². The summed E-state index contributed by atoms with van der Waals surface area (Å²) in [6, 6.07) is 12.0. The van der Waals surface area contributed by atoms with Crippen LogP contribution in [0.15, 0.2) is 36.4 Å². The fourth-order valence-electron chi connectivity index (χ4n) is 4.90. The number of nitrogens with one attached hydrogen (secondary N) is 1. The minimum atomic E-state index is -0.518. The summed E-state index contributed by atoms with van der Waals surface area (Å²) in [5.74, 6) is 0.732. The van der Waals surface area contributed by atoms with E-state index in [1.54, 1.807) is 12.0 Å². The molecular formula is C29H41N5O4. The van der Waals surface area contributed by atoms with Gasteiger partial charge in [0.05, 0.1) is 12.8 Å². The fraction of sp³-hybridized carbons (Fsp3) is 0.517. The summed E-state index contributed by atoms with van der Waals surface area (Å²) in [6.07, 6.45) is -0.289. The van der Waals surface area contributed by atoms with Crippen molar-refractivity contribution in [2.75, 3.05) is 74.6 Å². The van der Waals surface area contributed by atoms with E-state index in [2.05, 4.69) is 47.2 Å². The van der Waals surface area contributed by atoms with Gasteiger partial charge in [0.25, 0.3) is 0 Å². The number of carbonyl (C=O) groups excluding carboxylic acids is 2. The zero-order valence-corrected chi connectivity index (χ0v) is 23.5. The predicted octanol–water partition coefficient (Wildman–Crippen LogP) is 4.72. The molecular weight excluding hydrogens is 482 g/mol. The zero-order valence-electron chi connectivity index (χ0n) is 23.5. The number of aryl methyl sites for hydroxylation is 1. The number of amides is 3. The molecule has 1 N–H and O–H groups in total. The summed E-state index contributed by atoms with van der Waals surface area (Å²) in [4.78, 5) is 33.7. The summed E-state index contributed by atoms with van der Waals surface area (Å²) in [5.41, 5.74) is 4.92. The van der Waals surface area contributed by atoms with Crippen LogP contribution in [0.5, 0.6) is 5.75 Å². The van der Waals surface area contributed by atoms with E-state index < -0.39 is 5.60 Å². The Hall–Kier alpha value is -3.62. The van der Waals surface area contributed by atoms with Gasteiger partial charge >= 0.3 is 12.1 Å². The Morgan fingerprint density at radius 3 is 2.03 bits per heavy atom. The highest BCUT2D eigenvalue weighted by Crippen LogP contribution is 2.32. The molecule has 2 aliphatic rings. The zero-order chi connectivity index (χ0) is 27.4. The minimum absolute atomic E-state index is 0.100. The Balaban J connectivity index is 1.35. The van der Waals surface area contributed by atoms with E-state index in [1.807, 2.05) is 43.9 Å². The molecule has 2 aliphatic heterocycles. The van der Waals surface area contributed by atoms with Gasteiger partial charge in [-0.3, -0.25) is 0 Å². The number of benzene rings is 2. The number of urea groups is 1. The van der Waals surface area contributed by atoms with Crippen LogP contribution in [0.3, 0.4) is 0 Å². The lowest BCUT2D eigenvalue weighted by molar-refractivity contribution is 0.0240. The van der Waals surface area contributed by atoms with Crippen molar-refractivity contribution in [3.8, 4) is 5.75 Å². The Morgan fingerprint density at radius 2 is 1.42 bits per heavy atom. The number of nitrogens with zero attached hydrogens (tertiary/aromatic N) is 4. The van der Waals surface area contributed by atoms with Gasteiger partial charge in [-0.1, -0.05) is 12.1 Å². The van der Waals surface area contributed by atoms with Crippen LogP contribution < -0.4 is 19.9 Å². The number of hydrogen-bond donors (Lipinski definition) is 1. The van der Waals surface area contributed by atoms with Crippen LogP contribution in [0.2, 0.25) is 0 Å². The van der Waals surface area contributed by atoms with Crippen LogP contribution in [0.25, 0.3) is 0 Å². The van der Waals surface area contributed by atoms with Crippen LogP contribution in [0, 0.1) is 13.8 Å². The van der Waals surface area contributed by atoms with Gasteiger partial charge in [-0.05, 0) is 70.0 Å². The van der Waals surface area contributed by atoms with E-state index in [0.29, 0.717) is 39.3 Å². The van der Waals surface area contributed by atoms with E-state index in [-0.39, 0.29) is 12.1 Å². The smallest absolute Gasteiger partial charge is 0.410 e. The highest BCUT2D eigenvalue weighted by Gasteiger charge is 2.28. The fourth-order valence-corrected chi connectivity index (χ4v) is 4.90. The molecule has 4 rings (SSSR count). The highest BCUT2D eigenvalue weighted by atomic mass is 16.6. The largest absolute Gasteiger partial charge is 0.495 e. The third kappa shape index (κ3) is 6.44.